The number of aliphatic hydroxyl groups is 1. The van der Waals surface area contributed by atoms with E-state index in [4.69, 9.17) is 14.0 Å². The second-order valence-electron chi connectivity index (χ2n) is 6.72. The van der Waals surface area contributed by atoms with Crippen LogP contribution in [0.2, 0.25) is 0 Å². The van der Waals surface area contributed by atoms with Gasteiger partial charge in [-0.1, -0.05) is 28.9 Å². The number of ether oxygens (including phenoxy) is 2. The molecule has 4 atom stereocenters. The Bertz CT molecular complexity index is 793. The predicted octanol–water partition coefficient (Wildman–Crippen LogP) is 0.621. The molecule has 2 saturated heterocycles. The normalized spacial score (nSPS) is 27.5. The first-order chi connectivity index (χ1) is 12.6. The highest BCUT2D eigenvalue weighted by atomic mass is 16.6. The van der Waals surface area contributed by atoms with Crippen molar-refractivity contribution in [2.24, 2.45) is 0 Å². The van der Waals surface area contributed by atoms with E-state index >= 15 is 0 Å². The summed E-state index contributed by atoms with van der Waals surface area (Å²) >= 11 is 0. The summed E-state index contributed by atoms with van der Waals surface area (Å²) in [6, 6.07) is 7.59. The molecule has 0 bridgehead atoms. The molecular weight excluding hydrogens is 338 g/mol. The number of carbonyl (C=O) groups excluding carboxylic acids is 1. The Morgan fingerprint density at radius 2 is 2.15 bits per heavy atom. The largest absolute Gasteiger partial charge is 0.388 e. The van der Waals surface area contributed by atoms with Gasteiger partial charge in [0, 0.05) is 18.4 Å². The maximum atomic E-state index is 12.2. The lowest BCUT2D eigenvalue weighted by atomic mass is 10.1. The lowest BCUT2D eigenvalue weighted by Crippen LogP contribution is -2.44. The Morgan fingerprint density at radius 1 is 1.31 bits per heavy atom. The molecule has 0 unspecified atom stereocenters. The minimum Gasteiger partial charge on any atom is -0.388 e. The van der Waals surface area contributed by atoms with Gasteiger partial charge in [-0.05, 0) is 13.0 Å². The minimum absolute atomic E-state index is 0.139. The van der Waals surface area contributed by atoms with E-state index in [0.29, 0.717) is 24.7 Å². The highest BCUT2D eigenvalue weighted by molar-refractivity contribution is 5.76. The van der Waals surface area contributed by atoms with Crippen molar-refractivity contribution in [2.45, 2.75) is 44.1 Å². The van der Waals surface area contributed by atoms with Crippen LogP contribution in [0.1, 0.15) is 17.9 Å². The van der Waals surface area contributed by atoms with E-state index in [1.54, 1.807) is 0 Å². The van der Waals surface area contributed by atoms with Crippen LogP contribution in [-0.4, -0.2) is 58.7 Å². The molecule has 138 valence electrons. The number of hydrogen-bond donors (Lipinski definition) is 2. The molecule has 0 spiro atoms. The first-order valence-electron chi connectivity index (χ1n) is 8.70. The number of rotatable bonds is 5. The number of aromatic nitrogens is 2. The minimum atomic E-state index is -0.625. The number of benzene rings is 1. The zero-order valence-electron chi connectivity index (χ0n) is 14.4. The van der Waals surface area contributed by atoms with Crippen molar-refractivity contribution >= 4 is 5.91 Å². The van der Waals surface area contributed by atoms with Gasteiger partial charge in [0.15, 0.2) is 0 Å². The third-order valence-electron chi connectivity index (χ3n) is 4.68. The standard InChI is InChI=1S/C18H21N3O5/c1-10-3-2-4-11(7-10)18-20-15(26-21-18)6-5-14(23)19-12-8-24-17-13(22)9-25-16(12)17/h2-4,7,12-13,16-17,22H,5-6,8-9H2,1H3,(H,19,23)/t12-,13-,16-,17-/m1/s1. The summed E-state index contributed by atoms with van der Waals surface area (Å²) in [5.74, 6) is 0.800. The van der Waals surface area contributed by atoms with Crippen LogP contribution in [0, 0.1) is 6.92 Å². The van der Waals surface area contributed by atoms with Crippen molar-refractivity contribution in [3.63, 3.8) is 0 Å². The van der Waals surface area contributed by atoms with Gasteiger partial charge in [-0.25, -0.2) is 0 Å². The maximum absolute atomic E-state index is 12.2. The van der Waals surface area contributed by atoms with Crippen molar-refractivity contribution in [1.82, 2.24) is 15.5 Å². The molecule has 3 heterocycles. The molecule has 1 amide bonds. The Labute approximate surface area is 150 Å². The molecule has 0 saturated carbocycles. The number of amides is 1. The fourth-order valence-electron chi connectivity index (χ4n) is 3.36. The van der Waals surface area contributed by atoms with Gasteiger partial charge in [0.05, 0.1) is 19.3 Å². The molecule has 4 rings (SSSR count). The molecule has 26 heavy (non-hydrogen) atoms. The van der Waals surface area contributed by atoms with Crippen LogP contribution in [0.15, 0.2) is 28.8 Å². The number of carbonyl (C=O) groups is 1. The summed E-state index contributed by atoms with van der Waals surface area (Å²) in [4.78, 5) is 16.5. The van der Waals surface area contributed by atoms with Crippen molar-refractivity contribution < 1.29 is 23.9 Å². The van der Waals surface area contributed by atoms with Gasteiger partial charge >= 0.3 is 0 Å². The summed E-state index contributed by atoms with van der Waals surface area (Å²) in [7, 11) is 0. The number of hydrogen-bond acceptors (Lipinski definition) is 7. The van der Waals surface area contributed by atoms with Crippen molar-refractivity contribution in [3.8, 4) is 11.4 Å². The van der Waals surface area contributed by atoms with E-state index in [9.17, 15) is 9.90 Å². The Morgan fingerprint density at radius 3 is 3.00 bits per heavy atom. The van der Waals surface area contributed by atoms with Gasteiger partial charge in [-0.2, -0.15) is 4.98 Å². The van der Waals surface area contributed by atoms with Crippen molar-refractivity contribution in [1.29, 1.82) is 0 Å². The summed E-state index contributed by atoms with van der Waals surface area (Å²) < 4.78 is 16.2. The van der Waals surface area contributed by atoms with Gasteiger partial charge in [-0.3, -0.25) is 4.79 Å². The van der Waals surface area contributed by atoms with Gasteiger partial charge < -0.3 is 24.4 Å². The molecule has 2 N–H and O–H groups in total. The molecule has 1 aromatic carbocycles. The molecule has 0 radical (unpaired) electrons. The smallest absolute Gasteiger partial charge is 0.227 e. The second-order valence-corrected chi connectivity index (χ2v) is 6.72. The summed E-state index contributed by atoms with van der Waals surface area (Å²) in [6.07, 6.45) is -0.680. The van der Waals surface area contributed by atoms with Crippen LogP contribution in [-0.2, 0) is 20.7 Å². The van der Waals surface area contributed by atoms with E-state index in [1.165, 1.54) is 0 Å². The van der Waals surface area contributed by atoms with Crippen LogP contribution < -0.4 is 5.32 Å². The van der Waals surface area contributed by atoms with Gasteiger partial charge in [0.2, 0.25) is 17.6 Å². The summed E-state index contributed by atoms with van der Waals surface area (Å²) in [5.41, 5.74) is 2.00. The zero-order chi connectivity index (χ0) is 18.1. The molecule has 2 fully saturated rings. The molecule has 8 nitrogen and oxygen atoms in total. The van der Waals surface area contributed by atoms with Crippen molar-refractivity contribution in [2.75, 3.05) is 13.2 Å². The maximum Gasteiger partial charge on any atom is 0.227 e. The Balaban J connectivity index is 1.30. The van der Waals surface area contributed by atoms with Crippen LogP contribution in [0.4, 0.5) is 0 Å². The van der Waals surface area contributed by atoms with Crippen LogP contribution >= 0.6 is 0 Å². The first kappa shape index (κ1) is 17.1. The van der Waals surface area contributed by atoms with E-state index in [-0.39, 0.29) is 37.2 Å². The first-order valence-corrected chi connectivity index (χ1v) is 8.70. The van der Waals surface area contributed by atoms with E-state index in [0.717, 1.165) is 11.1 Å². The molecule has 1 aromatic heterocycles. The molecular formula is C18H21N3O5. The number of aryl methyl sites for hydroxylation is 2. The number of nitrogens with zero attached hydrogens (tertiary/aromatic N) is 2. The van der Waals surface area contributed by atoms with Crippen LogP contribution in [0.3, 0.4) is 0 Å². The summed E-state index contributed by atoms with van der Waals surface area (Å²) in [5, 5.41) is 16.6. The molecule has 0 aliphatic carbocycles. The topological polar surface area (TPSA) is 107 Å². The van der Waals surface area contributed by atoms with E-state index in [1.807, 2.05) is 31.2 Å². The average Bonchev–Trinajstić information content (AvgIpc) is 3.33. The second kappa shape index (κ2) is 7.14. The molecule has 2 aromatic rings. The van der Waals surface area contributed by atoms with Crippen LogP contribution in [0.25, 0.3) is 11.4 Å². The number of aliphatic hydroxyl groups excluding tert-OH is 1. The third-order valence-corrected chi connectivity index (χ3v) is 4.68. The average molecular weight is 359 g/mol. The Kier molecular flexibility index (Phi) is 4.71. The quantitative estimate of drug-likeness (QED) is 0.806. The summed E-state index contributed by atoms with van der Waals surface area (Å²) in [6.45, 7) is 2.58. The van der Waals surface area contributed by atoms with Crippen LogP contribution in [0.5, 0.6) is 0 Å². The fraction of sp³-hybridized carbons (Fsp3) is 0.500. The third kappa shape index (κ3) is 3.48. The molecule has 8 heteroatoms. The monoisotopic (exact) mass is 359 g/mol. The number of fused-ring (bicyclic) bond motifs is 1. The predicted molar refractivity (Wildman–Crippen MR) is 90.2 cm³/mol. The van der Waals surface area contributed by atoms with E-state index < -0.39 is 6.10 Å². The highest BCUT2D eigenvalue weighted by Gasteiger charge is 2.47. The van der Waals surface area contributed by atoms with Gasteiger partial charge in [0.1, 0.15) is 18.3 Å². The zero-order valence-corrected chi connectivity index (χ0v) is 14.4. The number of nitrogens with one attached hydrogen (secondary N) is 1. The lowest BCUT2D eigenvalue weighted by Gasteiger charge is -2.17. The molecule has 2 aliphatic heterocycles. The lowest BCUT2D eigenvalue weighted by molar-refractivity contribution is -0.122. The SMILES string of the molecule is Cc1cccc(-c2noc(CCC(=O)N[C@@H]3CO[C@H]4[C@@H]3OC[C@H]4O)n2)c1. The van der Waals surface area contributed by atoms with Gasteiger partial charge in [-0.15, -0.1) is 0 Å². The van der Waals surface area contributed by atoms with Gasteiger partial charge in [0.25, 0.3) is 0 Å². The Hall–Kier alpha value is -2.29. The highest BCUT2D eigenvalue weighted by Crippen LogP contribution is 2.27. The fourth-order valence-corrected chi connectivity index (χ4v) is 3.36. The molecule has 2 aliphatic rings. The van der Waals surface area contributed by atoms with Crippen molar-refractivity contribution in [3.05, 3.63) is 35.7 Å². The van der Waals surface area contributed by atoms with E-state index in [2.05, 4.69) is 15.5 Å².